The minimum absolute atomic E-state index is 0.0689. The lowest BCUT2D eigenvalue weighted by Crippen LogP contribution is -2.22. The second-order valence-corrected chi connectivity index (χ2v) is 4.75. The van der Waals surface area contributed by atoms with Gasteiger partial charge in [-0.2, -0.15) is 0 Å². The lowest BCUT2D eigenvalue weighted by atomic mass is 9.88. The van der Waals surface area contributed by atoms with E-state index in [4.69, 9.17) is 4.74 Å². The first kappa shape index (κ1) is 10.6. The van der Waals surface area contributed by atoms with Crippen LogP contribution < -0.4 is 0 Å². The molecule has 2 nitrogen and oxygen atoms in total. The molecule has 88 valence electrons. The number of Topliss-reactive ketones (excluding diaryl/α,β-unsaturated/α-hetero) is 1. The minimum atomic E-state index is -0.0689. The Labute approximate surface area is 101 Å². The fourth-order valence-corrected chi connectivity index (χ4v) is 2.66. The molecule has 2 aliphatic rings. The Morgan fingerprint density at radius 3 is 2.65 bits per heavy atom. The summed E-state index contributed by atoms with van der Waals surface area (Å²) in [5.74, 6) is 1.25. The van der Waals surface area contributed by atoms with E-state index in [2.05, 4.69) is 0 Å². The van der Waals surface area contributed by atoms with Crippen LogP contribution in [0.3, 0.4) is 0 Å². The molecule has 0 bridgehead atoms. The largest absolute Gasteiger partial charge is 0.489 e. The van der Waals surface area contributed by atoms with Gasteiger partial charge in [0.15, 0.2) is 5.78 Å². The number of carbonyl (C=O) groups excluding carboxylic acids is 1. The summed E-state index contributed by atoms with van der Waals surface area (Å²) in [7, 11) is 0. The van der Waals surface area contributed by atoms with Crippen LogP contribution in [0.5, 0.6) is 0 Å². The summed E-state index contributed by atoms with van der Waals surface area (Å²) in [5, 5.41) is 0. The number of benzene rings is 1. The van der Waals surface area contributed by atoms with Crippen molar-refractivity contribution in [1.29, 1.82) is 0 Å². The van der Waals surface area contributed by atoms with Crippen molar-refractivity contribution in [3.63, 3.8) is 0 Å². The maximum Gasteiger partial charge on any atom is 0.166 e. The van der Waals surface area contributed by atoms with E-state index < -0.39 is 0 Å². The van der Waals surface area contributed by atoms with Crippen LogP contribution in [0.1, 0.15) is 43.8 Å². The van der Waals surface area contributed by atoms with Gasteiger partial charge in [-0.1, -0.05) is 30.3 Å². The van der Waals surface area contributed by atoms with E-state index in [0.29, 0.717) is 12.2 Å². The molecule has 1 aromatic carbocycles. The summed E-state index contributed by atoms with van der Waals surface area (Å²) in [5.41, 5.74) is 2.07. The van der Waals surface area contributed by atoms with E-state index >= 15 is 0 Å². The van der Waals surface area contributed by atoms with Crippen molar-refractivity contribution in [2.45, 2.75) is 38.2 Å². The van der Waals surface area contributed by atoms with Crippen LogP contribution in [0.15, 0.2) is 41.7 Å². The van der Waals surface area contributed by atoms with Crippen molar-refractivity contribution in [1.82, 2.24) is 0 Å². The summed E-state index contributed by atoms with van der Waals surface area (Å²) < 4.78 is 6.01. The van der Waals surface area contributed by atoms with Crippen LogP contribution in [0.4, 0.5) is 0 Å². The second-order valence-electron chi connectivity index (χ2n) is 4.75. The zero-order valence-corrected chi connectivity index (χ0v) is 9.82. The van der Waals surface area contributed by atoms with E-state index in [-0.39, 0.29) is 6.10 Å². The monoisotopic (exact) mass is 228 g/mol. The maximum absolute atomic E-state index is 12.1. The summed E-state index contributed by atoms with van der Waals surface area (Å²) in [6.45, 7) is 0. The zero-order chi connectivity index (χ0) is 11.7. The number of hydrogen-bond acceptors (Lipinski definition) is 2. The van der Waals surface area contributed by atoms with E-state index in [1.807, 2.05) is 30.3 Å². The van der Waals surface area contributed by atoms with Crippen molar-refractivity contribution in [2.75, 3.05) is 0 Å². The molecule has 1 heterocycles. The highest BCUT2D eigenvalue weighted by atomic mass is 16.5. The third-order valence-electron chi connectivity index (χ3n) is 3.58. The Hall–Kier alpha value is -1.57. The maximum atomic E-state index is 12.1. The molecule has 1 aliphatic heterocycles. The number of ether oxygens (including phenoxy) is 1. The first-order valence-electron chi connectivity index (χ1n) is 6.31. The molecular weight excluding hydrogens is 212 g/mol. The summed E-state index contributed by atoms with van der Waals surface area (Å²) in [6.07, 6.45) is 4.56. The summed E-state index contributed by atoms with van der Waals surface area (Å²) in [6, 6.07) is 10.0. The van der Waals surface area contributed by atoms with Gasteiger partial charge >= 0.3 is 0 Å². The molecule has 3 rings (SSSR count). The molecule has 1 atom stereocenters. The van der Waals surface area contributed by atoms with Crippen molar-refractivity contribution in [3.05, 3.63) is 47.2 Å². The molecule has 1 aromatic rings. The van der Waals surface area contributed by atoms with Crippen LogP contribution in [-0.4, -0.2) is 5.78 Å². The fourth-order valence-electron chi connectivity index (χ4n) is 2.66. The van der Waals surface area contributed by atoms with E-state index in [1.54, 1.807) is 0 Å². The average molecular weight is 228 g/mol. The molecule has 2 heteroatoms. The van der Waals surface area contributed by atoms with Gasteiger partial charge in [0, 0.05) is 12.0 Å². The van der Waals surface area contributed by atoms with Crippen LogP contribution in [0, 0.1) is 0 Å². The van der Waals surface area contributed by atoms with Gasteiger partial charge in [-0.3, -0.25) is 4.79 Å². The molecule has 0 radical (unpaired) electrons. The third-order valence-corrected chi connectivity index (χ3v) is 3.58. The van der Waals surface area contributed by atoms with Gasteiger partial charge in [0.25, 0.3) is 0 Å². The number of ketones is 1. The Morgan fingerprint density at radius 2 is 1.82 bits per heavy atom. The number of allylic oxidation sites excluding steroid dienone is 2. The molecule has 0 aromatic heterocycles. The Morgan fingerprint density at radius 1 is 1.06 bits per heavy atom. The highest BCUT2D eigenvalue weighted by Gasteiger charge is 2.30. The first-order valence-corrected chi connectivity index (χ1v) is 6.31. The molecule has 1 aliphatic carbocycles. The van der Waals surface area contributed by atoms with Crippen LogP contribution >= 0.6 is 0 Å². The number of hydrogen-bond donors (Lipinski definition) is 0. The predicted molar refractivity (Wildman–Crippen MR) is 65.4 cm³/mol. The van der Waals surface area contributed by atoms with Crippen molar-refractivity contribution in [3.8, 4) is 0 Å². The van der Waals surface area contributed by atoms with Gasteiger partial charge in [-0.05, 0) is 24.8 Å². The molecule has 1 unspecified atom stereocenters. The van der Waals surface area contributed by atoms with Crippen LogP contribution in [-0.2, 0) is 9.53 Å². The molecule has 0 N–H and O–H groups in total. The average Bonchev–Trinajstić information content (AvgIpc) is 2.40. The van der Waals surface area contributed by atoms with Gasteiger partial charge in [-0.25, -0.2) is 0 Å². The van der Waals surface area contributed by atoms with Crippen LogP contribution in [0.25, 0.3) is 0 Å². The first-order chi connectivity index (χ1) is 8.34. The van der Waals surface area contributed by atoms with Gasteiger partial charge < -0.3 is 4.74 Å². The third kappa shape index (κ3) is 1.99. The normalized spacial score (nSPS) is 24.2. The smallest absolute Gasteiger partial charge is 0.166 e. The molecule has 0 spiro atoms. The predicted octanol–water partition coefficient (Wildman–Crippen LogP) is 3.55. The van der Waals surface area contributed by atoms with E-state index in [9.17, 15) is 4.79 Å². The zero-order valence-electron chi connectivity index (χ0n) is 9.82. The Balaban J connectivity index is 1.88. The summed E-state index contributed by atoms with van der Waals surface area (Å²) >= 11 is 0. The van der Waals surface area contributed by atoms with E-state index in [1.165, 1.54) is 0 Å². The van der Waals surface area contributed by atoms with Gasteiger partial charge in [-0.15, -0.1) is 0 Å². The second kappa shape index (κ2) is 4.36. The Kier molecular flexibility index (Phi) is 2.71. The lowest BCUT2D eigenvalue weighted by molar-refractivity contribution is -0.120. The Bertz CT molecular complexity index is 459. The van der Waals surface area contributed by atoms with Gasteiger partial charge in [0.2, 0.25) is 0 Å². The molecule has 17 heavy (non-hydrogen) atoms. The summed E-state index contributed by atoms with van der Waals surface area (Å²) in [4.78, 5) is 12.1. The van der Waals surface area contributed by atoms with E-state index in [0.717, 1.165) is 42.6 Å². The molecule has 0 fully saturated rings. The van der Waals surface area contributed by atoms with Crippen molar-refractivity contribution < 1.29 is 9.53 Å². The molecule has 0 saturated heterocycles. The highest BCUT2D eigenvalue weighted by molar-refractivity contribution is 5.97. The fraction of sp³-hybridized carbons (Fsp3) is 0.400. The van der Waals surface area contributed by atoms with Crippen molar-refractivity contribution in [2.24, 2.45) is 0 Å². The molecular formula is C15H16O2. The minimum Gasteiger partial charge on any atom is -0.489 e. The van der Waals surface area contributed by atoms with Gasteiger partial charge in [0.05, 0.1) is 6.42 Å². The van der Waals surface area contributed by atoms with Gasteiger partial charge in [0.1, 0.15) is 11.9 Å². The quantitative estimate of drug-likeness (QED) is 0.734. The number of rotatable bonds is 1. The standard InChI is InChI=1S/C15H16O2/c16-13-10-15(11-6-2-1-3-7-11)17-14-9-5-4-8-12(13)14/h1-3,6-7,15H,4-5,8-10H2. The highest BCUT2D eigenvalue weighted by Crippen LogP contribution is 2.38. The van der Waals surface area contributed by atoms with Crippen molar-refractivity contribution >= 4 is 5.78 Å². The van der Waals surface area contributed by atoms with Crippen LogP contribution in [0.2, 0.25) is 0 Å². The lowest BCUT2D eigenvalue weighted by Gasteiger charge is -2.30. The number of carbonyl (C=O) groups is 1. The molecule has 0 amide bonds. The SMILES string of the molecule is O=C1CC(c2ccccc2)OC2=C1CCCC2. The molecule has 0 saturated carbocycles. The topological polar surface area (TPSA) is 26.3 Å².